The number of aromatic nitrogens is 4. The summed E-state index contributed by atoms with van der Waals surface area (Å²) in [4.78, 5) is 21.2. The third kappa shape index (κ3) is 4.24. The average Bonchev–Trinajstić information content (AvgIpc) is 3.42. The van der Waals surface area contributed by atoms with Gasteiger partial charge in [-0.15, -0.1) is 0 Å². The van der Waals surface area contributed by atoms with Crippen LogP contribution in [-0.2, 0) is 0 Å². The average molecular weight is 485 g/mol. The highest BCUT2D eigenvalue weighted by Crippen LogP contribution is 2.38. The third-order valence-electron chi connectivity index (χ3n) is 5.65. The van der Waals surface area contributed by atoms with Crippen molar-refractivity contribution in [3.63, 3.8) is 0 Å². The van der Waals surface area contributed by atoms with Crippen LogP contribution in [0.25, 0.3) is 21.9 Å². The lowest BCUT2D eigenvalue weighted by Crippen LogP contribution is -2.48. The molecule has 0 bridgehead atoms. The van der Waals surface area contributed by atoms with Crippen molar-refractivity contribution in [3.05, 3.63) is 24.7 Å². The Morgan fingerprint density at radius 2 is 1.85 bits per heavy atom. The maximum Gasteiger partial charge on any atom is 0.190 e. The van der Waals surface area contributed by atoms with Gasteiger partial charge in [0.2, 0.25) is 0 Å². The van der Waals surface area contributed by atoms with Gasteiger partial charge in [0.05, 0.1) is 31.3 Å². The largest absolute Gasteiger partial charge is 0.493 e. The maximum atomic E-state index is 5.59. The number of aromatic amines is 1. The van der Waals surface area contributed by atoms with Crippen LogP contribution >= 0.6 is 23.6 Å². The molecular weight excluding hydrogens is 460 g/mol. The van der Waals surface area contributed by atoms with Crippen LogP contribution in [0.3, 0.4) is 0 Å². The Balaban J connectivity index is 1.39. The molecule has 1 aliphatic heterocycles. The van der Waals surface area contributed by atoms with Crippen LogP contribution in [0.4, 0.5) is 16.0 Å². The van der Waals surface area contributed by atoms with Crippen molar-refractivity contribution in [1.29, 1.82) is 0 Å². The Labute approximate surface area is 199 Å². The first-order valence-electron chi connectivity index (χ1n) is 10.4. The minimum absolute atomic E-state index is 0.638. The first kappa shape index (κ1) is 21.6. The molecule has 5 rings (SSSR count). The van der Waals surface area contributed by atoms with E-state index in [9.17, 15) is 0 Å². The molecule has 12 heteroatoms. The normalized spacial score (nSPS) is 14.6. The van der Waals surface area contributed by atoms with Gasteiger partial charge in [-0.3, -0.25) is 0 Å². The van der Waals surface area contributed by atoms with E-state index in [0.717, 1.165) is 52.6 Å². The molecule has 0 saturated carbocycles. The number of ether oxygens (including phenoxy) is 2. The monoisotopic (exact) mass is 484 g/mol. The van der Waals surface area contributed by atoms with E-state index in [4.69, 9.17) is 21.7 Å². The third-order valence-corrected chi connectivity index (χ3v) is 6.83. The quantitative estimate of drug-likeness (QED) is 0.366. The minimum atomic E-state index is 0.638. The highest BCUT2D eigenvalue weighted by molar-refractivity contribution is 7.80. The molecule has 0 amide bonds. The number of hydrogen-bond donors (Lipinski definition) is 3. The van der Waals surface area contributed by atoms with E-state index in [1.165, 1.54) is 17.7 Å². The van der Waals surface area contributed by atoms with Crippen molar-refractivity contribution < 1.29 is 9.47 Å². The van der Waals surface area contributed by atoms with Crippen LogP contribution in [0.5, 0.6) is 11.5 Å². The van der Waals surface area contributed by atoms with Crippen molar-refractivity contribution >= 4 is 66.6 Å². The van der Waals surface area contributed by atoms with Crippen molar-refractivity contribution in [2.75, 3.05) is 58.1 Å². The summed E-state index contributed by atoms with van der Waals surface area (Å²) in [5.74, 6) is 1.94. The van der Waals surface area contributed by atoms with Crippen LogP contribution in [0.1, 0.15) is 0 Å². The van der Waals surface area contributed by atoms with E-state index in [2.05, 4.69) is 47.4 Å². The van der Waals surface area contributed by atoms with Gasteiger partial charge < -0.3 is 34.9 Å². The number of thiazole rings is 1. The summed E-state index contributed by atoms with van der Waals surface area (Å²) in [5, 5.41) is 10.7. The van der Waals surface area contributed by atoms with Crippen LogP contribution in [0.15, 0.2) is 24.7 Å². The number of hydrogen-bond acceptors (Lipinski definition) is 9. The second-order valence-electron chi connectivity index (χ2n) is 7.70. The molecule has 3 aromatic heterocycles. The SMILES string of the molecule is COc1cc2[nH]c3ncnc(Nc4ncc(NC(=S)N5CCN(C)CC5)s4)c3c2cc1OC. The summed E-state index contributed by atoms with van der Waals surface area (Å²) >= 11 is 7.07. The highest BCUT2D eigenvalue weighted by atomic mass is 32.1. The summed E-state index contributed by atoms with van der Waals surface area (Å²) in [6.45, 7) is 3.84. The van der Waals surface area contributed by atoms with Crippen LogP contribution < -0.4 is 20.1 Å². The van der Waals surface area contributed by atoms with Crippen molar-refractivity contribution in [1.82, 2.24) is 29.7 Å². The second-order valence-corrected chi connectivity index (χ2v) is 9.12. The summed E-state index contributed by atoms with van der Waals surface area (Å²) < 4.78 is 10.9. The van der Waals surface area contributed by atoms with Gasteiger partial charge in [0.15, 0.2) is 21.7 Å². The molecule has 0 aliphatic carbocycles. The Morgan fingerprint density at radius 3 is 2.61 bits per heavy atom. The van der Waals surface area contributed by atoms with Gasteiger partial charge in [0, 0.05) is 37.6 Å². The molecule has 4 aromatic rings. The Hall–Kier alpha value is -3.22. The Bertz CT molecular complexity index is 1310. The smallest absolute Gasteiger partial charge is 0.190 e. The van der Waals surface area contributed by atoms with E-state index < -0.39 is 0 Å². The first-order chi connectivity index (χ1) is 16.1. The van der Waals surface area contributed by atoms with Gasteiger partial charge in [0.25, 0.3) is 0 Å². The molecule has 172 valence electrons. The molecule has 0 radical (unpaired) electrons. The number of benzene rings is 1. The van der Waals surface area contributed by atoms with E-state index in [1.807, 2.05) is 12.1 Å². The number of H-pyrrole nitrogens is 1. The fourth-order valence-electron chi connectivity index (χ4n) is 3.83. The van der Waals surface area contributed by atoms with Crippen LogP contribution in [0, 0.1) is 0 Å². The molecule has 1 aliphatic rings. The number of anilines is 3. The fraction of sp³-hybridized carbons (Fsp3) is 0.333. The number of thiocarbonyl (C=S) groups is 1. The number of fused-ring (bicyclic) bond motifs is 3. The summed E-state index contributed by atoms with van der Waals surface area (Å²) in [5.41, 5.74) is 1.59. The van der Waals surface area contributed by atoms with Gasteiger partial charge in [0.1, 0.15) is 22.8 Å². The Morgan fingerprint density at radius 1 is 1.09 bits per heavy atom. The zero-order valence-electron chi connectivity index (χ0n) is 18.5. The molecular formula is C21H24N8O2S2. The van der Waals surface area contributed by atoms with E-state index in [0.29, 0.717) is 28.1 Å². The Kier molecular flexibility index (Phi) is 5.87. The number of likely N-dealkylation sites (N-methyl/N-ethyl adjacent to an activating group) is 1. The second kappa shape index (κ2) is 8.96. The summed E-state index contributed by atoms with van der Waals surface area (Å²) in [7, 11) is 5.35. The van der Waals surface area contributed by atoms with Crippen molar-refractivity contribution in [3.8, 4) is 11.5 Å². The molecule has 1 fully saturated rings. The first-order valence-corrected chi connectivity index (χ1v) is 11.6. The van der Waals surface area contributed by atoms with Gasteiger partial charge >= 0.3 is 0 Å². The zero-order chi connectivity index (χ0) is 22.9. The molecule has 33 heavy (non-hydrogen) atoms. The molecule has 1 aromatic carbocycles. The van der Waals surface area contributed by atoms with Crippen molar-refractivity contribution in [2.24, 2.45) is 0 Å². The molecule has 1 saturated heterocycles. The van der Waals surface area contributed by atoms with Gasteiger partial charge in [-0.1, -0.05) is 11.3 Å². The molecule has 4 heterocycles. The lowest BCUT2D eigenvalue weighted by atomic mass is 10.2. The van der Waals surface area contributed by atoms with Gasteiger partial charge in [-0.05, 0) is 25.3 Å². The van der Waals surface area contributed by atoms with Gasteiger partial charge in [-0.25, -0.2) is 15.0 Å². The minimum Gasteiger partial charge on any atom is -0.493 e. The van der Waals surface area contributed by atoms with E-state index in [-0.39, 0.29) is 0 Å². The predicted molar refractivity (Wildman–Crippen MR) is 135 cm³/mol. The molecule has 3 N–H and O–H groups in total. The predicted octanol–water partition coefficient (Wildman–Crippen LogP) is 3.27. The molecule has 10 nitrogen and oxygen atoms in total. The molecule has 0 unspecified atom stereocenters. The standard InChI is InChI=1S/C21H24N8O2S2/c1-28-4-6-29(7-5-28)21(32)26-16-10-22-20(33-16)27-19-17-12-8-14(30-2)15(31-3)9-13(12)25-18(17)23-11-24-19/h8-11H,4-7H2,1-3H3,(H,26,32)(H2,22,23,24,25,27). The van der Waals surface area contributed by atoms with Gasteiger partial charge in [-0.2, -0.15) is 0 Å². The number of piperazine rings is 1. The number of methoxy groups -OCH3 is 2. The zero-order valence-corrected chi connectivity index (χ0v) is 20.1. The van der Waals surface area contributed by atoms with Crippen LogP contribution in [-0.4, -0.2) is 82.3 Å². The lowest BCUT2D eigenvalue weighted by molar-refractivity contribution is 0.217. The van der Waals surface area contributed by atoms with Crippen LogP contribution in [0.2, 0.25) is 0 Å². The van der Waals surface area contributed by atoms with E-state index in [1.54, 1.807) is 20.4 Å². The molecule has 0 atom stereocenters. The number of nitrogens with zero attached hydrogens (tertiary/aromatic N) is 5. The number of nitrogens with one attached hydrogen (secondary N) is 3. The topological polar surface area (TPSA) is 103 Å². The molecule has 0 spiro atoms. The summed E-state index contributed by atoms with van der Waals surface area (Å²) in [6, 6.07) is 3.81. The van der Waals surface area contributed by atoms with Crippen molar-refractivity contribution in [2.45, 2.75) is 0 Å². The summed E-state index contributed by atoms with van der Waals surface area (Å²) in [6.07, 6.45) is 3.29. The lowest BCUT2D eigenvalue weighted by Gasteiger charge is -2.33. The number of rotatable bonds is 5. The van der Waals surface area contributed by atoms with E-state index >= 15 is 0 Å². The maximum absolute atomic E-state index is 5.59. The fourth-order valence-corrected chi connectivity index (χ4v) is 4.90. The highest BCUT2D eigenvalue weighted by Gasteiger charge is 2.18.